The number of non-ortho nitro benzene ring substituents is 1. The lowest BCUT2D eigenvalue weighted by Crippen LogP contribution is -2.34. The van der Waals surface area contributed by atoms with E-state index in [0.29, 0.717) is 12.1 Å². The molecular formula is C27H43N3O4. The molecule has 0 saturated carbocycles. The third-order valence-corrected chi connectivity index (χ3v) is 5.76. The minimum atomic E-state index is -0.495. The number of carbonyl (C=O) groups excluding carboxylic acids is 2. The number of rotatable bonds is 19. The molecule has 0 aliphatic rings. The fourth-order valence-electron chi connectivity index (χ4n) is 3.86. The first-order chi connectivity index (χ1) is 16.4. The number of hydrogen-bond acceptors (Lipinski definition) is 4. The van der Waals surface area contributed by atoms with Crippen LogP contribution < -0.4 is 10.6 Å². The number of hydrogen-bond donors (Lipinski definition) is 2. The maximum absolute atomic E-state index is 12.5. The highest BCUT2D eigenvalue weighted by Gasteiger charge is 2.12. The van der Waals surface area contributed by atoms with Crippen molar-refractivity contribution in [3.63, 3.8) is 0 Å². The molecule has 0 saturated heterocycles. The van der Waals surface area contributed by atoms with Crippen LogP contribution in [0.1, 0.15) is 109 Å². The van der Waals surface area contributed by atoms with Crippen molar-refractivity contribution >= 4 is 23.6 Å². The average molecular weight is 474 g/mol. The van der Waals surface area contributed by atoms with E-state index in [4.69, 9.17) is 0 Å². The Balaban J connectivity index is 2.22. The molecule has 7 nitrogen and oxygen atoms in total. The Morgan fingerprint density at radius 1 is 0.882 bits per heavy atom. The molecule has 0 radical (unpaired) electrons. The summed E-state index contributed by atoms with van der Waals surface area (Å²) in [5.74, 6) is -0.764. The Kier molecular flexibility index (Phi) is 16.1. The largest absolute Gasteiger partial charge is 0.351 e. The average Bonchev–Trinajstić information content (AvgIpc) is 2.81. The highest BCUT2D eigenvalue weighted by atomic mass is 16.6. The van der Waals surface area contributed by atoms with Gasteiger partial charge in [0, 0.05) is 25.6 Å². The van der Waals surface area contributed by atoms with Crippen LogP contribution >= 0.6 is 0 Å². The third-order valence-electron chi connectivity index (χ3n) is 5.76. The van der Waals surface area contributed by atoms with E-state index in [1.807, 2.05) is 0 Å². The van der Waals surface area contributed by atoms with Crippen LogP contribution in [0.15, 0.2) is 30.0 Å². The van der Waals surface area contributed by atoms with Crippen LogP contribution in [0.2, 0.25) is 0 Å². The lowest BCUT2D eigenvalue weighted by Gasteiger charge is -2.10. The minimum absolute atomic E-state index is 0.0706. The molecule has 7 heteroatoms. The molecule has 34 heavy (non-hydrogen) atoms. The van der Waals surface area contributed by atoms with E-state index in [1.54, 1.807) is 12.1 Å². The number of nitrogens with zero attached hydrogens (tertiary/aromatic N) is 1. The highest BCUT2D eigenvalue weighted by Crippen LogP contribution is 2.16. The topological polar surface area (TPSA) is 101 Å². The van der Waals surface area contributed by atoms with E-state index >= 15 is 0 Å². The summed E-state index contributed by atoms with van der Waals surface area (Å²) in [6.45, 7) is 4.11. The quantitative estimate of drug-likeness (QED) is 0.101. The van der Waals surface area contributed by atoms with Crippen molar-refractivity contribution in [1.29, 1.82) is 0 Å². The summed E-state index contributed by atoms with van der Waals surface area (Å²) in [6, 6.07) is 5.94. The standard InChI is InChI=1S/C27H43N3O4/c1-3-4-5-6-7-8-9-10-11-12-13-14-15-16-20-28-27(32)26(29-23(2)31)22-24-18-17-19-25(21-24)30(33)34/h17-19,21-22H,3-16,20H2,1-2H3,(H,28,32)(H,29,31). The van der Waals surface area contributed by atoms with E-state index in [-0.39, 0.29) is 17.3 Å². The first kappa shape index (κ1) is 29.3. The predicted molar refractivity (Wildman–Crippen MR) is 138 cm³/mol. The van der Waals surface area contributed by atoms with Gasteiger partial charge in [-0.3, -0.25) is 19.7 Å². The zero-order chi connectivity index (χ0) is 25.0. The van der Waals surface area contributed by atoms with Crippen LogP contribution in [0.5, 0.6) is 0 Å². The number of nitrogens with one attached hydrogen (secondary N) is 2. The van der Waals surface area contributed by atoms with Crippen LogP contribution in [0.25, 0.3) is 6.08 Å². The first-order valence-electron chi connectivity index (χ1n) is 13.0. The summed E-state index contributed by atoms with van der Waals surface area (Å²) in [5, 5.41) is 16.3. The summed E-state index contributed by atoms with van der Waals surface area (Å²) in [5.41, 5.74) is 0.488. The Bertz CT molecular complexity index is 777. The van der Waals surface area contributed by atoms with Gasteiger partial charge in [0.25, 0.3) is 11.6 Å². The second-order valence-electron chi connectivity index (χ2n) is 8.94. The number of unbranched alkanes of at least 4 members (excludes halogenated alkanes) is 13. The van der Waals surface area contributed by atoms with Gasteiger partial charge in [0.2, 0.25) is 5.91 Å². The number of amides is 2. The second-order valence-corrected chi connectivity index (χ2v) is 8.94. The molecule has 0 aromatic heterocycles. The Morgan fingerprint density at radius 2 is 1.41 bits per heavy atom. The van der Waals surface area contributed by atoms with Gasteiger partial charge < -0.3 is 10.6 Å². The zero-order valence-corrected chi connectivity index (χ0v) is 21.1. The number of nitro groups is 1. The molecule has 1 rings (SSSR count). The fourth-order valence-corrected chi connectivity index (χ4v) is 3.86. The maximum atomic E-state index is 12.5. The van der Waals surface area contributed by atoms with E-state index in [2.05, 4.69) is 17.6 Å². The van der Waals surface area contributed by atoms with E-state index < -0.39 is 10.8 Å². The molecule has 0 bridgehead atoms. The minimum Gasteiger partial charge on any atom is -0.351 e. The van der Waals surface area contributed by atoms with Gasteiger partial charge in [-0.15, -0.1) is 0 Å². The van der Waals surface area contributed by atoms with Crippen molar-refractivity contribution in [3.05, 3.63) is 45.6 Å². The monoisotopic (exact) mass is 473 g/mol. The molecule has 0 aliphatic carbocycles. The third kappa shape index (κ3) is 14.4. The molecule has 1 aromatic rings. The molecule has 190 valence electrons. The predicted octanol–water partition coefficient (Wildman–Crippen LogP) is 6.67. The van der Waals surface area contributed by atoms with Gasteiger partial charge >= 0.3 is 0 Å². The Hall–Kier alpha value is -2.70. The van der Waals surface area contributed by atoms with Gasteiger partial charge in [0.15, 0.2) is 0 Å². The van der Waals surface area contributed by atoms with Crippen LogP contribution in [0.3, 0.4) is 0 Å². The molecule has 2 N–H and O–H groups in total. The van der Waals surface area contributed by atoms with E-state index in [1.165, 1.54) is 95.8 Å². The van der Waals surface area contributed by atoms with Gasteiger partial charge in [-0.1, -0.05) is 103 Å². The highest BCUT2D eigenvalue weighted by molar-refractivity contribution is 6.00. The van der Waals surface area contributed by atoms with Gasteiger partial charge in [-0.25, -0.2) is 0 Å². The van der Waals surface area contributed by atoms with Crippen molar-refractivity contribution in [2.45, 2.75) is 104 Å². The number of carbonyl (C=O) groups is 2. The first-order valence-corrected chi connectivity index (χ1v) is 13.0. The Labute approximate surface area is 204 Å². The SMILES string of the molecule is CCCCCCCCCCCCCCCCNC(=O)C(=Cc1cccc([N+](=O)[O-])c1)NC(C)=O. The van der Waals surface area contributed by atoms with Gasteiger partial charge in [0.1, 0.15) is 5.70 Å². The molecule has 0 aliphatic heterocycles. The summed E-state index contributed by atoms with van der Waals surface area (Å²) >= 11 is 0. The van der Waals surface area contributed by atoms with Crippen molar-refractivity contribution < 1.29 is 14.5 Å². The van der Waals surface area contributed by atoms with Gasteiger partial charge in [-0.05, 0) is 18.1 Å². The molecule has 0 spiro atoms. The van der Waals surface area contributed by atoms with Crippen molar-refractivity contribution in [3.8, 4) is 0 Å². The van der Waals surface area contributed by atoms with Crippen LogP contribution in [-0.4, -0.2) is 23.3 Å². The number of nitro benzene ring substituents is 1. The van der Waals surface area contributed by atoms with Crippen molar-refractivity contribution in [2.75, 3.05) is 6.54 Å². The Morgan fingerprint density at radius 3 is 1.91 bits per heavy atom. The van der Waals surface area contributed by atoms with E-state index in [9.17, 15) is 19.7 Å². The molecular weight excluding hydrogens is 430 g/mol. The summed E-state index contributed by atoms with van der Waals surface area (Å²) < 4.78 is 0. The normalized spacial score (nSPS) is 11.3. The molecule has 2 amide bonds. The fraction of sp³-hybridized carbons (Fsp3) is 0.630. The molecule has 1 aromatic carbocycles. The zero-order valence-electron chi connectivity index (χ0n) is 21.1. The lowest BCUT2D eigenvalue weighted by atomic mass is 10.0. The summed E-state index contributed by atoms with van der Waals surface area (Å²) in [7, 11) is 0. The maximum Gasteiger partial charge on any atom is 0.270 e. The molecule has 0 heterocycles. The lowest BCUT2D eigenvalue weighted by molar-refractivity contribution is -0.384. The molecule has 0 atom stereocenters. The van der Waals surface area contributed by atoms with E-state index in [0.717, 1.165) is 19.3 Å². The van der Waals surface area contributed by atoms with Gasteiger partial charge in [0.05, 0.1) is 4.92 Å². The molecule has 0 fully saturated rings. The number of benzene rings is 1. The van der Waals surface area contributed by atoms with Crippen LogP contribution in [-0.2, 0) is 9.59 Å². The van der Waals surface area contributed by atoms with Crippen molar-refractivity contribution in [2.24, 2.45) is 0 Å². The summed E-state index contributed by atoms with van der Waals surface area (Å²) in [4.78, 5) is 34.5. The van der Waals surface area contributed by atoms with Gasteiger partial charge in [-0.2, -0.15) is 0 Å². The smallest absolute Gasteiger partial charge is 0.270 e. The van der Waals surface area contributed by atoms with Crippen LogP contribution in [0.4, 0.5) is 5.69 Å². The molecule has 0 unspecified atom stereocenters. The second kappa shape index (κ2) is 18.7. The van der Waals surface area contributed by atoms with Crippen LogP contribution in [0, 0.1) is 10.1 Å². The van der Waals surface area contributed by atoms with Crippen molar-refractivity contribution in [1.82, 2.24) is 10.6 Å². The summed E-state index contributed by atoms with van der Waals surface area (Å²) in [6.07, 6.45) is 19.3.